The van der Waals surface area contributed by atoms with Crippen LogP contribution in [0.25, 0.3) is 98.7 Å². The Hall–Kier alpha value is -6.89. The first-order valence-electron chi connectivity index (χ1n) is 17.5. The van der Waals surface area contributed by atoms with Crippen LogP contribution >= 0.6 is 11.3 Å². The summed E-state index contributed by atoms with van der Waals surface area (Å²) in [5, 5.41) is 3.47. The van der Waals surface area contributed by atoms with Gasteiger partial charge in [0.05, 0.1) is 21.6 Å². The molecule has 10 rings (SSSR count). The molecule has 0 aliphatic carbocycles. The monoisotopic (exact) mass is 695 g/mol. The summed E-state index contributed by atoms with van der Waals surface area (Å²) in [6.07, 6.45) is 3.87. The van der Waals surface area contributed by atoms with Crippen molar-refractivity contribution in [1.82, 2.24) is 24.9 Å². The highest BCUT2D eigenvalue weighted by Crippen LogP contribution is 2.36. The summed E-state index contributed by atoms with van der Waals surface area (Å²) in [7, 11) is 0. The van der Waals surface area contributed by atoms with E-state index < -0.39 is 0 Å². The Kier molecular flexibility index (Phi) is 7.59. The predicted octanol–water partition coefficient (Wildman–Crippen LogP) is 12.2. The second-order valence-corrected chi connectivity index (χ2v) is 14.0. The molecule has 0 saturated heterocycles. The van der Waals surface area contributed by atoms with Crippen LogP contribution in [0.5, 0.6) is 0 Å². The Morgan fingerprint density at radius 2 is 0.925 bits per heavy atom. The molecule has 6 heteroatoms. The van der Waals surface area contributed by atoms with Crippen molar-refractivity contribution < 1.29 is 0 Å². The third kappa shape index (κ3) is 5.91. The second kappa shape index (κ2) is 13.0. The van der Waals surface area contributed by atoms with Crippen molar-refractivity contribution in [3.8, 4) is 67.5 Å². The van der Waals surface area contributed by atoms with Gasteiger partial charge in [-0.15, -0.1) is 11.3 Å². The normalized spacial score (nSPS) is 11.4. The van der Waals surface area contributed by atoms with Gasteiger partial charge in [0, 0.05) is 45.6 Å². The Bertz CT molecular complexity index is 2920. The van der Waals surface area contributed by atoms with E-state index in [0.717, 1.165) is 65.2 Å². The number of pyridine rings is 1. The number of thiophene rings is 1. The fourth-order valence-corrected chi connectivity index (χ4v) is 7.76. The van der Waals surface area contributed by atoms with Crippen LogP contribution in [-0.4, -0.2) is 24.9 Å². The van der Waals surface area contributed by atoms with Crippen molar-refractivity contribution in [2.45, 2.75) is 0 Å². The van der Waals surface area contributed by atoms with Gasteiger partial charge in [0.2, 0.25) is 0 Å². The lowest BCUT2D eigenvalue weighted by atomic mass is 10.0. The van der Waals surface area contributed by atoms with E-state index in [9.17, 15) is 0 Å². The van der Waals surface area contributed by atoms with Crippen molar-refractivity contribution in [2.24, 2.45) is 0 Å². The molecule has 6 aromatic carbocycles. The number of hydrogen-bond donors (Lipinski definition) is 0. The van der Waals surface area contributed by atoms with E-state index in [0.29, 0.717) is 11.6 Å². The third-order valence-electron chi connectivity index (χ3n) is 9.64. The molecule has 0 amide bonds. The standard InChI is InChI=1S/C47H29N5S/c1-3-9-30(10-4-1)32-15-18-33(19-16-32)41-27-42(51-46(50-41)35-12-5-2-6-13-35)34-20-22-36(23-21-34)45-48-29-43-44(52-45)40-26-39(28-49-47(40)53-43)38-24-17-31-11-7-8-14-37(31)25-38/h1-29H. The van der Waals surface area contributed by atoms with Gasteiger partial charge in [0.15, 0.2) is 11.6 Å². The highest BCUT2D eigenvalue weighted by Gasteiger charge is 2.15. The van der Waals surface area contributed by atoms with Crippen LogP contribution in [-0.2, 0) is 0 Å². The number of fused-ring (bicyclic) bond motifs is 4. The maximum absolute atomic E-state index is 5.09. The summed E-state index contributed by atoms with van der Waals surface area (Å²) in [6.45, 7) is 0. The Labute approximate surface area is 310 Å². The molecule has 0 saturated carbocycles. The van der Waals surface area contributed by atoms with Crippen LogP contribution in [0.15, 0.2) is 176 Å². The molecule has 0 aliphatic heterocycles. The minimum atomic E-state index is 0.673. The van der Waals surface area contributed by atoms with Crippen LogP contribution in [0, 0.1) is 0 Å². The molecule has 5 nitrogen and oxygen atoms in total. The minimum Gasteiger partial charge on any atom is -0.245 e. The SMILES string of the molecule is c1ccc(-c2ccc(-c3cc(-c4ccc(-c5ncc6sc7ncc(-c8ccc9ccccc9c8)cc7c6n5)cc4)nc(-c4ccccc4)n3)cc2)cc1. The van der Waals surface area contributed by atoms with Gasteiger partial charge in [-0.25, -0.2) is 24.9 Å². The zero-order valence-corrected chi connectivity index (χ0v) is 29.2. The van der Waals surface area contributed by atoms with E-state index in [1.807, 2.05) is 48.8 Å². The van der Waals surface area contributed by atoms with Gasteiger partial charge >= 0.3 is 0 Å². The lowest BCUT2D eigenvalue weighted by molar-refractivity contribution is 1.18. The van der Waals surface area contributed by atoms with Crippen molar-refractivity contribution >= 4 is 42.5 Å². The molecular formula is C47H29N5S. The van der Waals surface area contributed by atoms with Crippen LogP contribution in [0.4, 0.5) is 0 Å². The van der Waals surface area contributed by atoms with Gasteiger partial charge in [-0.3, -0.25) is 0 Å². The first kappa shape index (κ1) is 30.9. The zero-order chi connectivity index (χ0) is 35.1. The lowest BCUT2D eigenvalue weighted by Gasteiger charge is -2.10. The van der Waals surface area contributed by atoms with Gasteiger partial charge in [-0.2, -0.15) is 0 Å². The van der Waals surface area contributed by atoms with Crippen LogP contribution in [0.1, 0.15) is 0 Å². The molecule has 0 spiro atoms. The van der Waals surface area contributed by atoms with E-state index >= 15 is 0 Å². The van der Waals surface area contributed by atoms with Gasteiger partial charge < -0.3 is 0 Å². The van der Waals surface area contributed by atoms with E-state index in [1.54, 1.807) is 11.3 Å². The number of aromatic nitrogens is 5. The number of nitrogens with zero attached hydrogens (tertiary/aromatic N) is 5. The summed E-state index contributed by atoms with van der Waals surface area (Å²) < 4.78 is 1.02. The summed E-state index contributed by atoms with van der Waals surface area (Å²) in [4.78, 5) is 25.7. The van der Waals surface area contributed by atoms with Crippen molar-refractivity contribution in [3.63, 3.8) is 0 Å². The molecule has 0 N–H and O–H groups in total. The molecule has 0 bridgehead atoms. The quantitative estimate of drug-likeness (QED) is 0.173. The Morgan fingerprint density at radius 1 is 0.358 bits per heavy atom. The van der Waals surface area contributed by atoms with Crippen molar-refractivity contribution in [1.29, 1.82) is 0 Å². The fourth-order valence-electron chi connectivity index (χ4n) is 6.83. The Balaban J connectivity index is 0.998. The first-order valence-corrected chi connectivity index (χ1v) is 18.3. The second-order valence-electron chi connectivity index (χ2n) is 13.0. The van der Waals surface area contributed by atoms with E-state index in [1.165, 1.54) is 21.9 Å². The molecule has 10 aromatic rings. The molecule has 0 fully saturated rings. The number of hydrogen-bond acceptors (Lipinski definition) is 6. The summed E-state index contributed by atoms with van der Waals surface area (Å²) in [5.41, 5.74) is 11.1. The van der Waals surface area contributed by atoms with Crippen molar-refractivity contribution in [3.05, 3.63) is 176 Å². The molecule has 0 atom stereocenters. The van der Waals surface area contributed by atoms with E-state index in [4.69, 9.17) is 24.9 Å². The highest BCUT2D eigenvalue weighted by molar-refractivity contribution is 7.25. The molecule has 0 unspecified atom stereocenters. The molecule has 0 radical (unpaired) electrons. The molecule has 248 valence electrons. The summed E-state index contributed by atoms with van der Waals surface area (Å²) >= 11 is 1.62. The molecule has 53 heavy (non-hydrogen) atoms. The Morgan fingerprint density at radius 3 is 1.64 bits per heavy atom. The summed E-state index contributed by atoms with van der Waals surface area (Å²) in [6, 6.07) is 56.7. The third-order valence-corrected chi connectivity index (χ3v) is 10.7. The number of rotatable bonds is 6. The largest absolute Gasteiger partial charge is 0.245 e. The van der Waals surface area contributed by atoms with Gasteiger partial charge in [-0.05, 0) is 45.7 Å². The van der Waals surface area contributed by atoms with Gasteiger partial charge in [0.25, 0.3) is 0 Å². The highest BCUT2D eigenvalue weighted by atomic mass is 32.1. The van der Waals surface area contributed by atoms with Gasteiger partial charge in [-0.1, -0.05) is 146 Å². The molecule has 4 aromatic heterocycles. The van der Waals surface area contributed by atoms with Crippen LogP contribution in [0.2, 0.25) is 0 Å². The van der Waals surface area contributed by atoms with E-state index in [-0.39, 0.29) is 0 Å². The smallest absolute Gasteiger partial charge is 0.160 e. The minimum absolute atomic E-state index is 0.673. The average molecular weight is 696 g/mol. The molecule has 0 aliphatic rings. The molecule has 4 heterocycles. The average Bonchev–Trinajstić information content (AvgIpc) is 3.61. The van der Waals surface area contributed by atoms with E-state index in [2.05, 4.69) is 127 Å². The topological polar surface area (TPSA) is 64.5 Å². The zero-order valence-electron chi connectivity index (χ0n) is 28.4. The maximum atomic E-state index is 5.09. The first-order chi connectivity index (χ1) is 26.2. The fraction of sp³-hybridized carbons (Fsp3) is 0. The summed E-state index contributed by atoms with van der Waals surface area (Å²) in [5.74, 6) is 1.36. The maximum Gasteiger partial charge on any atom is 0.160 e. The van der Waals surface area contributed by atoms with Gasteiger partial charge in [0.1, 0.15) is 4.83 Å². The van der Waals surface area contributed by atoms with Crippen LogP contribution in [0.3, 0.4) is 0 Å². The van der Waals surface area contributed by atoms with Crippen LogP contribution < -0.4 is 0 Å². The predicted molar refractivity (Wildman–Crippen MR) is 218 cm³/mol. The number of benzene rings is 6. The lowest BCUT2D eigenvalue weighted by Crippen LogP contribution is -1.96. The van der Waals surface area contributed by atoms with Crippen molar-refractivity contribution in [2.75, 3.05) is 0 Å². The molecular weight excluding hydrogens is 667 g/mol.